The maximum atomic E-state index is 9.31. The lowest BCUT2D eigenvalue weighted by Gasteiger charge is -2.32. The number of hydrogen-bond acceptors (Lipinski definition) is 2. The second-order valence-corrected chi connectivity index (χ2v) is 6.19. The molecule has 114 valence electrons. The van der Waals surface area contributed by atoms with Crippen LogP contribution in [0.2, 0.25) is 5.02 Å². The van der Waals surface area contributed by atoms with Gasteiger partial charge in [-0.15, -0.1) is 12.4 Å². The van der Waals surface area contributed by atoms with Crippen LogP contribution in [-0.2, 0) is 6.42 Å². The lowest BCUT2D eigenvalue weighted by Crippen LogP contribution is -2.35. The van der Waals surface area contributed by atoms with Gasteiger partial charge < -0.3 is 10.0 Å². The van der Waals surface area contributed by atoms with Gasteiger partial charge in [-0.05, 0) is 69.3 Å². The Morgan fingerprint density at radius 1 is 1.25 bits per heavy atom. The average molecular weight is 318 g/mol. The Labute approximate surface area is 133 Å². The van der Waals surface area contributed by atoms with Gasteiger partial charge in [0.15, 0.2) is 0 Å². The molecule has 1 aromatic carbocycles. The van der Waals surface area contributed by atoms with Crippen molar-refractivity contribution in [1.29, 1.82) is 0 Å². The standard InChI is InChI=1S/C16H24ClNO.ClH/c1-13(19)6-9-18-10-7-15(8-11-18)12-14-2-4-16(17)5-3-14;/h2-5,13,15,19H,6-12H2,1H3;1H. The van der Waals surface area contributed by atoms with Crippen LogP contribution in [0.4, 0.5) is 0 Å². The minimum absolute atomic E-state index is 0. The topological polar surface area (TPSA) is 23.5 Å². The molecule has 1 aliphatic rings. The SMILES string of the molecule is CC(O)CCN1CCC(Cc2ccc(Cl)cc2)CC1.Cl. The molecule has 1 atom stereocenters. The van der Waals surface area contributed by atoms with Gasteiger partial charge in [-0.25, -0.2) is 0 Å². The van der Waals surface area contributed by atoms with E-state index in [0.29, 0.717) is 0 Å². The van der Waals surface area contributed by atoms with Crippen molar-refractivity contribution in [3.63, 3.8) is 0 Å². The molecule has 1 N–H and O–H groups in total. The van der Waals surface area contributed by atoms with Crippen LogP contribution in [0.25, 0.3) is 0 Å². The number of benzene rings is 1. The summed E-state index contributed by atoms with van der Waals surface area (Å²) in [6.45, 7) is 5.24. The Hall–Kier alpha value is -0.280. The summed E-state index contributed by atoms with van der Waals surface area (Å²) in [4.78, 5) is 2.48. The Bertz CT molecular complexity index is 373. The molecule has 2 rings (SSSR count). The normalized spacial score (nSPS) is 18.6. The van der Waals surface area contributed by atoms with Gasteiger partial charge in [0, 0.05) is 11.6 Å². The van der Waals surface area contributed by atoms with Crippen molar-refractivity contribution in [2.45, 2.75) is 38.7 Å². The van der Waals surface area contributed by atoms with E-state index in [-0.39, 0.29) is 18.5 Å². The van der Waals surface area contributed by atoms with E-state index in [1.54, 1.807) is 0 Å². The second kappa shape index (κ2) is 8.89. The molecule has 0 aliphatic carbocycles. The molecule has 0 aromatic heterocycles. The smallest absolute Gasteiger partial charge is 0.0524 e. The number of likely N-dealkylation sites (tertiary alicyclic amines) is 1. The maximum absolute atomic E-state index is 9.31. The van der Waals surface area contributed by atoms with Crippen LogP contribution >= 0.6 is 24.0 Å². The highest BCUT2D eigenvalue weighted by molar-refractivity contribution is 6.30. The van der Waals surface area contributed by atoms with Crippen LogP contribution in [0, 0.1) is 5.92 Å². The van der Waals surface area contributed by atoms with Crippen molar-refractivity contribution >= 4 is 24.0 Å². The molecule has 1 heterocycles. The monoisotopic (exact) mass is 317 g/mol. The summed E-state index contributed by atoms with van der Waals surface area (Å²) in [7, 11) is 0. The van der Waals surface area contributed by atoms with E-state index in [9.17, 15) is 5.11 Å². The lowest BCUT2D eigenvalue weighted by molar-refractivity contribution is 0.133. The Balaban J connectivity index is 0.00000200. The fourth-order valence-corrected chi connectivity index (χ4v) is 2.86. The van der Waals surface area contributed by atoms with Gasteiger partial charge in [-0.3, -0.25) is 0 Å². The number of aliphatic hydroxyl groups excluding tert-OH is 1. The molecule has 1 fully saturated rings. The first-order valence-electron chi connectivity index (χ1n) is 7.28. The third kappa shape index (κ3) is 6.01. The van der Waals surface area contributed by atoms with Crippen LogP contribution < -0.4 is 0 Å². The van der Waals surface area contributed by atoms with Gasteiger partial charge in [0.05, 0.1) is 6.10 Å². The minimum atomic E-state index is -0.174. The molecule has 1 aliphatic heterocycles. The molecule has 0 spiro atoms. The predicted molar refractivity (Wildman–Crippen MR) is 87.9 cm³/mol. The van der Waals surface area contributed by atoms with Gasteiger partial charge in [-0.1, -0.05) is 23.7 Å². The first-order valence-corrected chi connectivity index (χ1v) is 7.66. The molecule has 1 unspecified atom stereocenters. The zero-order chi connectivity index (χ0) is 13.7. The molecule has 4 heteroatoms. The van der Waals surface area contributed by atoms with E-state index in [2.05, 4.69) is 17.0 Å². The van der Waals surface area contributed by atoms with Crippen molar-refractivity contribution in [1.82, 2.24) is 4.90 Å². The highest BCUT2D eigenvalue weighted by Crippen LogP contribution is 2.22. The number of nitrogens with zero attached hydrogens (tertiary/aromatic N) is 1. The van der Waals surface area contributed by atoms with Crippen molar-refractivity contribution in [2.24, 2.45) is 5.92 Å². The molecule has 1 aromatic rings. The minimum Gasteiger partial charge on any atom is -0.393 e. The average Bonchev–Trinajstić information content (AvgIpc) is 2.40. The van der Waals surface area contributed by atoms with Crippen molar-refractivity contribution in [2.75, 3.05) is 19.6 Å². The third-order valence-corrected chi connectivity index (χ3v) is 4.26. The number of aliphatic hydroxyl groups is 1. The van der Waals surface area contributed by atoms with Gasteiger partial charge in [0.2, 0.25) is 0 Å². The van der Waals surface area contributed by atoms with Gasteiger partial charge in [0.1, 0.15) is 0 Å². The first-order chi connectivity index (χ1) is 9.13. The fraction of sp³-hybridized carbons (Fsp3) is 0.625. The third-order valence-electron chi connectivity index (χ3n) is 4.01. The molecule has 0 amide bonds. The zero-order valence-electron chi connectivity index (χ0n) is 12.1. The van der Waals surface area contributed by atoms with Crippen LogP contribution in [0.3, 0.4) is 0 Å². The molecular formula is C16H25Cl2NO. The predicted octanol–water partition coefficient (Wildman–Crippen LogP) is 3.79. The van der Waals surface area contributed by atoms with Gasteiger partial charge >= 0.3 is 0 Å². The van der Waals surface area contributed by atoms with E-state index < -0.39 is 0 Å². The summed E-state index contributed by atoms with van der Waals surface area (Å²) in [6.07, 6.45) is 4.42. The second-order valence-electron chi connectivity index (χ2n) is 5.75. The summed E-state index contributed by atoms with van der Waals surface area (Å²) >= 11 is 5.91. The zero-order valence-corrected chi connectivity index (χ0v) is 13.7. The van der Waals surface area contributed by atoms with Crippen molar-refractivity contribution in [3.05, 3.63) is 34.9 Å². The number of rotatable bonds is 5. The summed E-state index contributed by atoms with van der Waals surface area (Å²) in [5.74, 6) is 0.795. The molecule has 1 saturated heterocycles. The number of halogens is 2. The molecule has 0 radical (unpaired) electrons. The first kappa shape index (κ1) is 17.8. The maximum Gasteiger partial charge on any atom is 0.0524 e. The Morgan fingerprint density at radius 2 is 1.85 bits per heavy atom. The Morgan fingerprint density at radius 3 is 2.40 bits per heavy atom. The summed E-state index contributed by atoms with van der Waals surface area (Å²) in [5, 5.41) is 10.1. The quantitative estimate of drug-likeness (QED) is 0.893. The molecule has 0 bridgehead atoms. The van der Waals surface area contributed by atoms with Gasteiger partial charge in [0.25, 0.3) is 0 Å². The highest BCUT2D eigenvalue weighted by atomic mass is 35.5. The van der Waals surface area contributed by atoms with E-state index in [0.717, 1.165) is 23.9 Å². The largest absolute Gasteiger partial charge is 0.393 e. The van der Waals surface area contributed by atoms with Crippen LogP contribution in [0.1, 0.15) is 31.7 Å². The summed E-state index contributed by atoms with van der Waals surface area (Å²) in [5.41, 5.74) is 1.40. The van der Waals surface area contributed by atoms with Crippen molar-refractivity contribution in [3.8, 4) is 0 Å². The van der Waals surface area contributed by atoms with Gasteiger partial charge in [-0.2, -0.15) is 0 Å². The number of hydrogen-bond donors (Lipinski definition) is 1. The van der Waals surface area contributed by atoms with Crippen LogP contribution in [0.5, 0.6) is 0 Å². The summed E-state index contributed by atoms with van der Waals surface area (Å²) in [6, 6.07) is 8.24. The number of piperidine rings is 1. The molecule has 0 saturated carbocycles. The molecular weight excluding hydrogens is 293 g/mol. The lowest BCUT2D eigenvalue weighted by atomic mass is 9.90. The fourth-order valence-electron chi connectivity index (χ4n) is 2.74. The summed E-state index contributed by atoms with van der Waals surface area (Å²) < 4.78 is 0. The van der Waals surface area contributed by atoms with Crippen LogP contribution in [0.15, 0.2) is 24.3 Å². The molecule has 20 heavy (non-hydrogen) atoms. The Kier molecular flexibility index (Phi) is 7.90. The van der Waals surface area contributed by atoms with Crippen molar-refractivity contribution < 1.29 is 5.11 Å². The van der Waals surface area contributed by atoms with E-state index >= 15 is 0 Å². The van der Waals surface area contributed by atoms with E-state index in [1.807, 2.05) is 19.1 Å². The van der Waals surface area contributed by atoms with E-state index in [4.69, 9.17) is 11.6 Å². The molecule has 2 nitrogen and oxygen atoms in total. The van der Waals surface area contributed by atoms with Crippen LogP contribution in [-0.4, -0.2) is 35.7 Å². The van der Waals surface area contributed by atoms with E-state index in [1.165, 1.54) is 37.9 Å². The highest BCUT2D eigenvalue weighted by Gasteiger charge is 2.19.